The zero-order chi connectivity index (χ0) is 17.7. The maximum Gasteiger partial charge on any atom is 0.193 e. The second-order valence-corrected chi connectivity index (χ2v) is 6.37. The molecule has 0 bridgehead atoms. The molecule has 1 N–H and O–H groups in total. The third-order valence-corrected chi connectivity index (χ3v) is 4.43. The van der Waals surface area contributed by atoms with Crippen LogP contribution in [-0.2, 0) is 15.9 Å². The highest BCUT2D eigenvalue weighted by molar-refractivity contribution is 5.80. The first kappa shape index (κ1) is 19.7. The van der Waals surface area contributed by atoms with Gasteiger partial charge in [0, 0.05) is 46.5 Å². The summed E-state index contributed by atoms with van der Waals surface area (Å²) in [7, 11) is 1.73. The Morgan fingerprint density at radius 2 is 1.96 bits per heavy atom. The number of ether oxygens (including phenoxy) is 2. The van der Waals surface area contributed by atoms with Crippen molar-refractivity contribution in [3.63, 3.8) is 0 Å². The molecule has 0 radical (unpaired) electrons. The lowest BCUT2D eigenvalue weighted by Crippen LogP contribution is -2.47. The van der Waals surface area contributed by atoms with Crippen molar-refractivity contribution in [1.82, 2.24) is 10.2 Å². The van der Waals surface area contributed by atoms with E-state index in [-0.39, 0.29) is 0 Å². The van der Waals surface area contributed by atoms with E-state index < -0.39 is 0 Å². The highest BCUT2D eigenvalue weighted by Gasteiger charge is 2.21. The van der Waals surface area contributed by atoms with E-state index in [1.165, 1.54) is 5.56 Å². The normalized spacial score (nSPS) is 16.2. The fourth-order valence-corrected chi connectivity index (χ4v) is 3.05. The number of nitrogens with zero attached hydrogens (tertiary/aromatic N) is 2. The molecule has 5 nitrogen and oxygen atoms in total. The molecule has 0 aliphatic carbocycles. The lowest BCUT2D eigenvalue weighted by Gasteiger charge is -2.34. The van der Waals surface area contributed by atoms with Gasteiger partial charge in [-0.1, -0.05) is 30.3 Å². The molecule has 2 rings (SSSR count). The molecular weight excluding hydrogens is 314 g/mol. The second-order valence-electron chi connectivity index (χ2n) is 6.37. The molecule has 1 aliphatic rings. The SMILES string of the molecule is CCNC(=NCCc1ccccc1)N1CCC(OCCCOC)CC1. The molecule has 1 saturated heterocycles. The van der Waals surface area contributed by atoms with Crippen LogP contribution in [-0.4, -0.2) is 63.5 Å². The van der Waals surface area contributed by atoms with Crippen LogP contribution in [0.25, 0.3) is 0 Å². The van der Waals surface area contributed by atoms with Crippen LogP contribution in [0.5, 0.6) is 0 Å². The van der Waals surface area contributed by atoms with Gasteiger partial charge in [-0.05, 0) is 38.2 Å². The molecule has 25 heavy (non-hydrogen) atoms. The van der Waals surface area contributed by atoms with Gasteiger partial charge in [0.05, 0.1) is 6.10 Å². The second kappa shape index (κ2) is 11.9. The van der Waals surface area contributed by atoms with Crippen molar-refractivity contribution in [3.05, 3.63) is 35.9 Å². The molecule has 140 valence electrons. The summed E-state index contributed by atoms with van der Waals surface area (Å²) in [6, 6.07) is 10.5. The van der Waals surface area contributed by atoms with Crippen molar-refractivity contribution in [2.45, 2.75) is 38.7 Å². The Bertz CT molecular complexity index is 485. The molecule has 1 aromatic rings. The zero-order valence-electron chi connectivity index (χ0n) is 15.7. The Morgan fingerprint density at radius 3 is 2.64 bits per heavy atom. The third kappa shape index (κ3) is 7.45. The summed E-state index contributed by atoms with van der Waals surface area (Å²) in [5.74, 6) is 1.04. The number of benzene rings is 1. The predicted molar refractivity (Wildman–Crippen MR) is 103 cm³/mol. The smallest absolute Gasteiger partial charge is 0.193 e. The molecular formula is C20H33N3O2. The largest absolute Gasteiger partial charge is 0.385 e. The molecule has 5 heteroatoms. The van der Waals surface area contributed by atoms with Crippen LogP contribution < -0.4 is 5.32 Å². The predicted octanol–water partition coefficient (Wildman–Crippen LogP) is 2.71. The van der Waals surface area contributed by atoms with Gasteiger partial charge in [-0.3, -0.25) is 4.99 Å². The molecule has 0 saturated carbocycles. The number of guanidine groups is 1. The number of likely N-dealkylation sites (tertiary alicyclic amines) is 1. The Morgan fingerprint density at radius 1 is 1.20 bits per heavy atom. The number of nitrogens with one attached hydrogen (secondary N) is 1. The number of methoxy groups -OCH3 is 1. The van der Waals surface area contributed by atoms with E-state index in [1.807, 2.05) is 0 Å². The molecule has 1 aromatic carbocycles. The highest BCUT2D eigenvalue weighted by Crippen LogP contribution is 2.14. The molecule has 1 heterocycles. The lowest BCUT2D eigenvalue weighted by atomic mass is 10.1. The van der Waals surface area contributed by atoms with Crippen LogP contribution in [0.1, 0.15) is 31.7 Å². The maximum atomic E-state index is 5.95. The number of hydrogen-bond donors (Lipinski definition) is 1. The van der Waals surface area contributed by atoms with E-state index in [0.717, 1.165) is 71.0 Å². The minimum absolute atomic E-state index is 0.375. The summed E-state index contributed by atoms with van der Waals surface area (Å²) in [5.41, 5.74) is 1.34. The van der Waals surface area contributed by atoms with Crippen molar-refractivity contribution < 1.29 is 9.47 Å². The molecule has 0 spiro atoms. The quantitative estimate of drug-likeness (QED) is 0.424. The summed E-state index contributed by atoms with van der Waals surface area (Å²) in [6.45, 7) is 7.43. The van der Waals surface area contributed by atoms with Gasteiger partial charge in [0.1, 0.15) is 0 Å². The average molecular weight is 348 g/mol. The van der Waals surface area contributed by atoms with Crippen molar-refractivity contribution in [2.75, 3.05) is 46.5 Å². The van der Waals surface area contributed by atoms with Crippen LogP contribution in [0.4, 0.5) is 0 Å². The third-order valence-electron chi connectivity index (χ3n) is 4.43. The average Bonchev–Trinajstić information content (AvgIpc) is 2.66. The first-order chi connectivity index (χ1) is 12.3. The van der Waals surface area contributed by atoms with Crippen LogP contribution in [0.2, 0.25) is 0 Å². The Kier molecular flexibility index (Phi) is 9.37. The molecule has 0 unspecified atom stereocenters. The highest BCUT2D eigenvalue weighted by atomic mass is 16.5. The minimum Gasteiger partial charge on any atom is -0.385 e. The summed E-state index contributed by atoms with van der Waals surface area (Å²) in [6.07, 6.45) is 4.46. The molecule has 1 aliphatic heterocycles. The first-order valence-corrected chi connectivity index (χ1v) is 9.51. The van der Waals surface area contributed by atoms with Crippen LogP contribution in [0.15, 0.2) is 35.3 Å². The molecule has 0 amide bonds. The van der Waals surface area contributed by atoms with Gasteiger partial charge < -0.3 is 19.7 Å². The van der Waals surface area contributed by atoms with Crippen LogP contribution >= 0.6 is 0 Å². The Hall–Kier alpha value is -1.59. The van der Waals surface area contributed by atoms with E-state index in [1.54, 1.807) is 7.11 Å². The monoisotopic (exact) mass is 347 g/mol. The van der Waals surface area contributed by atoms with Gasteiger partial charge in [0.15, 0.2) is 5.96 Å². The van der Waals surface area contributed by atoms with Crippen molar-refractivity contribution >= 4 is 5.96 Å². The van der Waals surface area contributed by atoms with Gasteiger partial charge in [0.25, 0.3) is 0 Å². The summed E-state index contributed by atoms with van der Waals surface area (Å²) < 4.78 is 11.0. The van der Waals surface area contributed by atoms with Crippen molar-refractivity contribution in [3.8, 4) is 0 Å². The van der Waals surface area contributed by atoms with Crippen LogP contribution in [0, 0.1) is 0 Å². The fraction of sp³-hybridized carbons (Fsp3) is 0.650. The van der Waals surface area contributed by atoms with Gasteiger partial charge in [0.2, 0.25) is 0 Å². The van der Waals surface area contributed by atoms with E-state index in [9.17, 15) is 0 Å². The van der Waals surface area contributed by atoms with Crippen molar-refractivity contribution in [2.24, 2.45) is 4.99 Å². The summed E-state index contributed by atoms with van der Waals surface area (Å²) in [4.78, 5) is 7.18. The van der Waals surface area contributed by atoms with E-state index in [4.69, 9.17) is 14.5 Å². The standard InChI is InChI=1S/C20H33N3O2/c1-3-21-20(22-13-10-18-8-5-4-6-9-18)23-14-11-19(12-15-23)25-17-7-16-24-2/h4-6,8-9,19H,3,7,10-17H2,1-2H3,(H,21,22). The number of aliphatic imine (C=N–C) groups is 1. The Labute approximate surface area is 152 Å². The minimum atomic E-state index is 0.375. The van der Waals surface area contributed by atoms with E-state index >= 15 is 0 Å². The van der Waals surface area contributed by atoms with Gasteiger partial charge >= 0.3 is 0 Å². The zero-order valence-corrected chi connectivity index (χ0v) is 15.7. The van der Waals surface area contributed by atoms with Crippen molar-refractivity contribution in [1.29, 1.82) is 0 Å². The lowest BCUT2D eigenvalue weighted by molar-refractivity contribution is 0.00991. The molecule has 0 aromatic heterocycles. The number of piperidine rings is 1. The molecule has 0 atom stereocenters. The topological polar surface area (TPSA) is 46.1 Å². The number of rotatable bonds is 9. The summed E-state index contributed by atoms with van der Waals surface area (Å²) in [5, 5.41) is 3.43. The van der Waals surface area contributed by atoms with Crippen LogP contribution in [0.3, 0.4) is 0 Å². The fourth-order valence-electron chi connectivity index (χ4n) is 3.05. The Balaban J connectivity index is 1.75. The first-order valence-electron chi connectivity index (χ1n) is 9.51. The number of hydrogen-bond acceptors (Lipinski definition) is 3. The van der Waals surface area contributed by atoms with Gasteiger partial charge in [-0.25, -0.2) is 0 Å². The van der Waals surface area contributed by atoms with Gasteiger partial charge in [-0.2, -0.15) is 0 Å². The molecule has 1 fully saturated rings. The summed E-state index contributed by atoms with van der Waals surface area (Å²) >= 11 is 0. The van der Waals surface area contributed by atoms with E-state index in [2.05, 4.69) is 47.5 Å². The van der Waals surface area contributed by atoms with Gasteiger partial charge in [-0.15, -0.1) is 0 Å². The van der Waals surface area contributed by atoms with E-state index in [0.29, 0.717) is 6.10 Å². The maximum absolute atomic E-state index is 5.95.